The smallest absolute Gasteiger partial charge is 0.0674 e. The number of aliphatic hydroxyl groups excluding tert-OH is 1. The van der Waals surface area contributed by atoms with E-state index in [1.54, 1.807) is 6.08 Å². The molecular weight excluding hydrogens is 355 g/mol. The number of nitrogens with zero attached hydrogens (tertiary/aromatic N) is 2. The van der Waals surface area contributed by atoms with Crippen molar-refractivity contribution in [2.75, 3.05) is 6.61 Å². The zero-order valence-electron chi connectivity index (χ0n) is 14.2. The maximum Gasteiger partial charge on any atom is 0.0674 e. The monoisotopic (exact) mass is 374 g/mol. The highest BCUT2D eigenvalue weighted by molar-refractivity contribution is 6.31. The molecule has 25 heavy (non-hydrogen) atoms. The van der Waals surface area contributed by atoms with Crippen LogP contribution in [0.4, 0.5) is 0 Å². The highest BCUT2D eigenvalue weighted by Crippen LogP contribution is 2.18. The number of allylic oxidation sites excluding steroid dienone is 1. The molecule has 0 saturated heterocycles. The highest BCUT2D eigenvalue weighted by Gasteiger charge is 2.06. The van der Waals surface area contributed by atoms with E-state index < -0.39 is 0 Å². The first kappa shape index (κ1) is 19.4. The van der Waals surface area contributed by atoms with Crippen molar-refractivity contribution in [3.05, 3.63) is 81.4 Å². The summed E-state index contributed by atoms with van der Waals surface area (Å²) in [5.41, 5.74) is 4.62. The quantitative estimate of drug-likeness (QED) is 0.415. The third kappa shape index (κ3) is 5.82. The SMILES string of the molecule is C/C(=N\N=C(/C)c1ccc(Cl)cc1C/C=C/CO)c1ccc(Cl)cc1. The molecule has 0 atom stereocenters. The summed E-state index contributed by atoms with van der Waals surface area (Å²) in [6, 6.07) is 13.2. The van der Waals surface area contributed by atoms with Gasteiger partial charge in [0.25, 0.3) is 0 Å². The minimum atomic E-state index is 0.0214. The predicted molar refractivity (Wildman–Crippen MR) is 107 cm³/mol. The van der Waals surface area contributed by atoms with Gasteiger partial charge in [0, 0.05) is 15.6 Å². The molecule has 1 N–H and O–H groups in total. The third-order valence-corrected chi connectivity index (χ3v) is 4.17. The molecular formula is C20H20Cl2N2O. The molecule has 0 unspecified atom stereocenters. The van der Waals surface area contributed by atoms with Gasteiger partial charge in [-0.15, -0.1) is 0 Å². The molecule has 2 rings (SSSR count). The van der Waals surface area contributed by atoms with Crippen LogP contribution in [0.15, 0.2) is 64.8 Å². The summed E-state index contributed by atoms with van der Waals surface area (Å²) < 4.78 is 0. The van der Waals surface area contributed by atoms with Gasteiger partial charge in [-0.3, -0.25) is 0 Å². The Bertz CT molecular complexity index is 809. The lowest BCUT2D eigenvalue weighted by molar-refractivity contribution is 0.342. The zero-order valence-corrected chi connectivity index (χ0v) is 15.7. The number of rotatable bonds is 6. The molecule has 3 nitrogen and oxygen atoms in total. The lowest BCUT2D eigenvalue weighted by atomic mass is 10.0. The van der Waals surface area contributed by atoms with Gasteiger partial charge < -0.3 is 5.11 Å². The maximum absolute atomic E-state index is 8.89. The van der Waals surface area contributed by atoms with Crippen LogP contribution in [0.1, 0.15) is 30.5 Å². The Morgan fingerprint density at radius 1 is 0.920 bits per heavy atom. The summed E-state index contributed by atoms with van der Waals surface area (Å²) in [5, 5.41) is 18.9. The Balaban J connectivity index is 2.28. The largest absolute Gasteiger partial charge is 0.392 e. The van der Waals surface area contributed by atoms with E-state index in [0.29, 0.717) is 16.5 Å². The van der Waals surface area contributed by atoms with Crippen LogP contribution in [-0.2, 0) is 6.42 Å². The molecule has 2 aromatic carbocycles. The molecule has 0 aromatic heterocycles. The summed E-state index contributed by atoms with van der Waals surface area (Å²) in [6.45, 7) is 3.85. The Hall–Kier alpha value is -1.94. The van der Waals surface area contributed by atoms with Gasteiger partial charge in [-0.1, -0.05) is 53.6 Å². The fourth-order valence-electron chi connectivity index (χ4n) is 2.32. The van der Waals surface area contributed by atoms with Crippen molar-refractivity contribution in [1.29, 1.82) is 0 Å². The van der Waals surface area contributed by atoms with Crippen LogP contribution >= 0.6 is 23.2 Å². The van der Waals surface area contributed by atoms with Gasteiger partial charge in [0.2, 0.25) is 0 Å². The molecule has 0 fully saturated rings. The average Bonchev–Trinajstić information content (AvgIpc) is 2.60. The maximum atomic E-state index is 8.89. The van der Waals surface area contributed by atoms with Gasteiger partial charge in [0.05, 0.1) is 18.0 Å². The van der Waals surface area contributed by atoms with E-state index in [0.717, 1.165) is 28.1 Å². The Morgan fingerprint density at radius 3 is 2.24 bits per heavy atom. The Labute approximate surface area is 158 Å². The molecule has 0 spiro atoms. The first-order valence-electron chi connectivity index (χ1n) is 7.90. The van der Waals surface area contributed by atoms with Crippen LogP contribution < -0.4 is 0 Å². The van der Waals surface area contributed by atoms with E-state index in [2.05, 4.69) is 10.2 Å². The summed E-state index contributed by atoms with van der Waals surface area (Å²) in [6.07, 6.45) is 4.29. The lowest BCUT2D eigenvalue weighted by Crippen LogP contribution is -2.01. The number of benzene rings is 2. The first-order valence-corrected chi connectivity index (χ1v) is 8.66. The highest BCUT2D eigenvalue weighted by atomic mass is 35.5. The van der Waals surface area contributed by atoms with Gasteiger partial charge in [0.15, 0.2) is 0 Å². The van der Waals surface area contributed by atoms with Crippen molar-refractivity contribution in [3.8, 4) is 0 Å². The summed E-state index contributed by atoms with van der Waals surface area (Å²) in [7, 11) is 0. The van der Waals surface area contributed by atoms with E-state index in [1.165, 1.54) is 0 Å². The number of hydrogen-bond donors (Lipinski definition) is 1. The molecule has 0 aliphatic heterocycles. The van der Waals surface area contributed by atoms with Crippen LogP contribution in [0.5, 0.6) is 0 Å². The zero-order chi connectivity index (χ0) is 18.2. The molecule has 0 heterocycles. The molecule has 0 aliphatic carbocycles. The number of halogens is 2. The van der Waals surface area contributed by atoms with Crippen molar-refractivity contribution >= 4 is 34.6 Å². The van der Waals surface area contributed by atoms with Gasteiger partial charge in [-0.25, -0.2) is 0 Å². The summed E-state index contributed by atoms with van der Waals surface area (Å²) in [5.74, 6) is 0. The van der Waals surface area contributed by atoms with E-state index in [4.69, 9.17) is 28.3 Å². The van der Waals surface area contributed by atoms with Crippen LogP contribution in [0.2, 0.25) is 10.0 Å². The number of hydrogen-bond acceptors (Lipinski definition) is 3. The van der Waals surface area contributed by atoms with Gasteiger partial charge in [-0.05, 0) is 55.7 Å². The second kappa shape index (κ2) is 9.52. The van der Waals surface area contributed by atoms with Crippen LogP contribution in [0, 0.1) is 0 Å². The molecule has 2 aromatic rings. The summed E-state index contributed by atoms with van der Waals surface area (Å²) in [4.78, 5) is 0. The van der Waals surface area contributed by atoms with Crippen molar-refractivity contribution in [2.45, 2.75) is 20.3 Å². The van der Waals surface area contributed by atoms with E-state index >= 15 is 0 Å². The molecule has 0 radical (unpaired) electrons. The molecule has 0 aliphatic rings. The summed E-state index contributed by atoms with van der Waals surface area (Å²) >= 11 is 12.0. The van der Waals surface area contributed by atoms with Gasteiger partial charge >= 0.3 is 0 Å². The fourth-order valence-corrected chi connectivity index (χ4v) is 2.64. The number of aliphatic hydroxyl groups is 1. The van der Waals surface area contributed by atoms with Crippen molar-refractivity contribution in [1.82, 2.24) is 0 Å². The van der Waals surface area contributed by atoms with Crippen LogP contribution in [-0.4, -0.2) is 23.1 Å². The van der Waals surface area contributed by atoms with Crippen LogP contribution in [0.25, 0.3) is 0 Å². The van der Waals surface area contributed by atoms with Gasteiger partial charge in [-0.2, -0.15) is 10.2 Å². The van der Waals surface area contributed by atoms with Crippen molar-refractivity contribution < 1.29 is 5.11 Å². The molecule has 0 saturated carbocycles. The van der Waals surface area contributed by atoms with Crippen molar-refractivity contribution in [2.24, 2.45) is 10.2 Å². The van der Waals surface area contributed by atoms with Crippen molar-refractivity contribution in [3.63, 3.8) is 0 Å². The molecule has 0 bridgehead atoms. The van der Waals surface area contributed by atoms with Crippen LogP contribution in [0.3, 0.4) is 0 Å². The second-order valence-electron chi connectivity index (χ2n) is 5.54. The molecule has 0 amide bonds. The van der Waals surface area contributed by atoms with E-state index in [9.17, 15) is 0 Å². The minimum Gasteiger partial charge on any atom is -0.392 e. The average molecular weight is 375 g/mol. The predicted octanol–water partition coefficient (Wildman–Crippen LogP) is 5.32. The molecule has 5 heteroatoms. The second-order valence-corrected chi connectivity index (χ2v) is 6.41. The van der Waals surface area contributed by atoms with Gasteiger partial charge in [0.1, 0.15) is 0 Å². The topological polar surface area (TPSA) is 45.0 Å². The lowest BCUT2D eigenvalue weighted by Gasteiger charge is -2.08. The third-order valence-electron chi connectivity index (χ3n) is 3.68. The minimum absolute atomic E-state index is 0.0214. The molecule has 130 valence electrons. The normalized spacial score (nSPS) is 12.8. The standard InChI is InChI=1S/C20H20Cl2N2O/c1-14(16-6-8-18(21)9-7-16)23-24-15(2)20-11-10-19(22)13-17(20)5-3-4-12-25/h3-4,6-11,13,25H,5,12H2,1-2H3/b4-3+,23-14+,24-15+. The Kier molecular flexibility index (Phi) is 7.38. The first-order chi connectivity index (χ1) is 12.0. The fraction of sp³-hybridized carbons (Fsp3) is 0.200. The Morgan fingerprint density at radius 2 is 1.56 bits per heavy atom. The van der Waals surface area contributed by atoms with E-state index in [1.807, 2.05) is 62.4 Å². The van der Waals surface area contributed by atoms with E-state index in [-0.39, 0.29) is 6.61 Å².